The van der Waals surface area contributed by atoms with Crippen molar-refractivity contribution in [1.29, 1.82) is 0 Å². The lowest BCUT2D eigenvalue weighted by Gasteiger charge is -2.32. The van der Waals surface area contributed by atoms with Gasteiger partial charge in [-0.25, -0.2) is 4.98 Å². The van der Waals surface area contributed by atoms with E-state index in [9.17, 15) is 4.79 Å². The van der Waals surface area contributed by atoms with Crippen LogP contribution in [-0.2, 0) is 6.54 Å². The number of imidazole rings is 1. The second-order valence-electron chi connectivity index (χ2n) is 7.83. The maximum absolute atomic E-state index is 13.2. The standard InChI is InChI=1S/C22H28N4O2/c1-15-22(19-11-18(28-3)6-7-20(19)24-15)21(27)14-25-9-4-5-17(12-25)13-26-10-8-23-16(26)2/h6-8,10-11,17,24H,4-5,9,12-14H2,1-3H3. The van der Waals surface area contributed by atoms with Crippen molar-refractivity contribution in [2.24, 2.45) is 5.92 Å². The normalized spacial score (nSPS) is 17.9. The molecule has 6 nitrogen and oxygen atoms in total. The summed E-state index contributed by atoms with van der Waals surface area (Å²) in [7, 11) is 1.65. The lowest BCUT2D eigenvalue weighted by Crippen LogP contribution is -2.40. The summed E-state index contributed by atoms with van der Waals surface area (Å²) in [6.07, 6.45) is 6.23. The summed E-state index contributed by atoms with van der Waals surface area (Å²) in [6.45, 7) is 7.38. The highest BCUT2D eigenvalue weighted by atomic mass is 16.5. The van der Waals surface area contributed by atoms with Gasteiger partial charge >= 0.3 is 0 Å². The maximum Gasteiger partial charge on any atom is 0.179 e. The Bertz CT molecular complexity index is 988. The molecule has 0 aliphatic carbocycles. The van der Waals surface area contributed by atoms with Crippen LogP contribution in [-0.4, -0.2) is 52.0 Å². The summed E-state index contributed by atoms with van der Waals surface area (Å²) in [5, 5.41) is 0.949. The summed E-state index contributed by atoms with van der Waals surface area (Å²) < 4.78 is 7.56. The van der Waals surface area contributed by atoms with Crippen molar-refractivity contribution in [3.8, 4) is 5.75 Å². The van der Waals surface area contributed by atoms with Gasteiger partial charge in [0.2, 0.25) is 0 Å². The third-order valence-electron chi connectivity index (χ3n) is 5.82. The molecule has 3 aromatic rings. The van der Waals surface area contributed by atoms with Crippen LogP contribution in [0.1, 0.15) is 34.7 Å². The van der Waals surface area contributed by atoms with Crippen LogP contribution in [0.25, 0.3) is 10.9 Å². The van der Waals surface area contributed by atoms with E-state index in [1.807, 2.05) is 44.4 Å². The third-order valence-corrected chi connectivity index (χ3v) is 5.82. The van der Waals surface area contributed by atoms with Crippen LogP contribution in [0, 0.1) is 19.8 Å². The predicted molar refractivity (Wildman–Crippen MR) is 110 cm³/mol. The first-order chi connectivity index (χ1) is 13.5. The topological polar surface area (TPSA) is 63.2 Å². The van der Waals surface area contributed by atoms with E-state index in [4.69, 9.17) is 4.74 Å². The minimum atomic E-state index is 0.177. The first-order valence-corrected chi connectivity index (χ1v) is 9.94. The Morgan fingerprint density at radius 3 is 2.96 bits per heavy atom. The minimum Gasteiger partial charge on any atom is -0.497 e. The van der Waals surface area contributed by atoms with Crippen molar-refractivity contribution >= 4 is 16.7 Å². The van der Waals surface area contributed by atoms with Crippen LogP contribution < -0.4 is 4.74 Å². The summed E-state index contributed by atoms with van der Waals surface area (Å²) in [4.78, 5) is 23.1. The van der Waals surface area contributed by atoms with Crippen LogP contribution in [0.2, 0.25) is 0 Å². The molecule has 0 bridgehead atoms. The molecule has 1 unspecified atom stereocenters. The number of nitrogens with one attached hydrogen (secondary N) is 1. The lowest BCUT2D eigenvalue weighted by molar-refractivity contribution is 0.0879. The number of aromatic nitrogens is 3. The van der Waals surface area contributed by atoms with Gasteiger partial charge in [-0.2, -0.15) is 0 Å². The van der Waals surface area contributed by atoms with Gasteiger partial charge in [-0.05, 0) is 57.4 Å². The number of fused-ring (bicyclic) bond motifs is 1. The zero-order valence-corrected chi connectivity index (χ0v) is 16.9. The maximum atomic E-state index is 13.2. The molecule has 1 aliphatic heterocycles. The number of piperidine rings is 1. The van der Waals surface area contributed by atoms with Crippen molar-refractivity contribution in [2.45, 2.75) is 33.2 Å². The molecule has 0 amide bonds. The molecule has 0 radical (unpaired) electrons. The van der Waals surface area contributed by atoms with Gasteiger partial charge in [0.1, 0.15) is 11.6 Å². The van der Waals surface area contributed by atoms with Crippen LogP contribution in [0.15, 0.2) is 30.6 Å². The van der Waals surface area contributed by atoms with Gasteiger partial charge in [0.15, 0.2) is 5.78 Å². The number of ketones is 1. The Morgan fingerprint density at radius 1 is 1.36 bits per heavy atom. The number of nitrogens with zero attached hydrogens (tertiary/aromatic N) is 3. The van der Waals surface area contributed by atoms with Crippen molar-refractivity contribution in [3.05, 3.63) is 47.7 Å². The van der Waals surface area contributed by atoms with E-state index >= 15 is 0 Å². The number of rotatable bonds is 6. The van der Waals surface area contributed by atoms with Crippen LogP contribution in [0.4, 0.5) is 0 Å². The SMILES string of the molecule is COc1ccc2[nH]c(C)c(C(=O)CN3CCCC(Cn4ccnc4C)C3)c2c1. The number of aryl methyl sites for hydroxylation is 2. The molecule has 28 heavy (non-hydrogen) atoms. The first kappa shape index (κ1) is 18.7. The number of aromatic amines is 1. The second-order valence-corrected chi connectivity index (χ2v) is 7.83. The van der Waals surface area contributed by atoms with Crippen molar-refractivity contribution in [2.75, 3.05) is 26.7 Å². The van der Waals surface area contributed by atoms with Gasteiger partial charge in [-0.3, -0.25) is 9.69 Å². The molecule has 0 saturated carbocycles. The Labute approximate surface area is 165 Å². The Balaban J connectivity index is 1.48. The average Bonchev–Trinajstić information content (AvgIpc) is 3.23. The average molecular weight is 380 g/mol. The highest BCUT2D eigenvalue weighted by Gasteiger charge is 2.24. The lowest BCUT2D eigenvalue weighted by atomic mass is 9.97. The van der Waals surface area contributed by atoms with E-state index in [2.05, 4.69) is 19.4 Å². The summed E-state index contributed by atoms with van der Waals surface area (Å²) in [5.41, 5.74) is 2.70. The minimum absolute atomic E-state index is 0.177. The highest BCUT2D eigenvalue weighted by molar-refractivity contribution is 6.10. The van der Waals surface area contributed by atoms with Gasteiger partial charge < -0.3 is 14.3 Å². The molecular formula is C22H28N4O2. The van der Waals surface area contributed by atoms with E-state index in [1.165, 1.54) is 6.42 Å². The fourth-order valence-corrected chi connectivity index (χ4v) is 4.39. The fraction of sp³-hybridized carbons (Fsp3) is 0.455. The molecule has 1 atom stereocenters. The van der Waals surface area contributed by atoms with Gasteiger partial charge in [-0.1, -0.05) is 0 Å². The van der Waals surface area contributed by atoms with E-state index in [0.29, 0.717) is 12.5 Å². The van der Waals surface area contributed by atoms with Crippen molar-refractivity contribution in [1.82, 2.24) is 19.4 Å². The van der Waals surface area contributed by atoms with Crippen LogP contribution >= 0.6 is 0 Å². The molecule has 4 rings (SSSR count). The predicted octanol–water partition coefficient (Wildman–Crippen LogP) is 3.58. The van der Waals surface area contributed by atoms with E-state index in [0.717, 1.165) is 59.8 Å². The number of H-pyrrole nitrogens is 1. The number of hydrogen-bond donors (Lipinski definition) is 1. The number of Topliss-reactive ketones (excluding diaryl/α,β-unsaturated/α-hetero) is 1. The Morgan fingerprint density at radius 2 is 2.21 bits per heavy atom. The number of carbonyl (C=O) groups excluding carboxylic acids is 1. The molecule has 1 aliphatic rings. The number of carbonyl (C=O) groups is 1. The van der Waals surface area contributed by atoms with Gasteiger partial charge in [0.05, 0.1) is 13.7 Å². The van der Waals surface area contributed by atoms with Gasteiger partial charge in [0.25, 0.3) is 0 Å². The largest absolute Gasteiger partial charge is 0.497 e. The number of likely N-dealkylation sites (tertiary alicyclic amines) is 1. The van der Waals surface area contributed by atoms with Crippen molar-refractivity contribution < 1.29 is 9.53 Å². The number of hydrogen-bond acceptors (Lipinski definition) is 4. The molecule has 3 heterocycles. The summed E-state index contributed by atoms with van der Waals surface area (Å²) >= 11 is 0. The molecule has 1 aromatic carbocycles. The number of methoxy groups -OCH3 is 1. The molecule has 1 fully saturated rings. The van der Waals surface area contributed by atoms with Crippen LogP contribution in [0.3, 0.4) is 0 Å². The fourth-order valence-electron chi connectivity index (χ4n) is 4.39. The molecule has 0 spiro atoms. The molecule has 148 valence electrons. The Kier molecular flexibility index (Phi) is 5.22. The van der Waals surface area contributed by atoms with E-state index in [1.54, 1.807) is 7.11 Å². The van der Waals surface area contributed by atoms with Gasteiger partial charge in [0, 0.05) is 47.6 Å². The van der Waals surface area contributed by atoms with E-state index in [-0.39, 0.29) is 5.78 Å². The summed E-state index contributed by atoms with van der Waals surface area (Å²) in [5.74, 6) is 2.56. The molecular weight excluding hydrogens is 352 g/mol. The Hall–Kier alpha value is -2.60. The number of benzene rings is 1. The highest BCUT2D eigenvalue weighted by Crippen LogP contribution is 2.27. The zero-order chi connectivity index (χ0) is 19.7. The van der Waals surface area contributed by atoms with Crippen molar-refractivity contribution in [3.63, 3.8) is 0 Å². The van der Waals surface area contributed by atoms with Crippen LogP contribution in [0.5, 0.6) is 5.75 Å². The van der Waals surface area contributed by atoms with Gasteiger partial charge in [-0.15, -0.1) is 0 Å². The molecule has 1 saturated heterocycles. The zero-order valence-electron chi connectivity index (χ0n) is 16.9. The number of ether oxygens (including phenoxy) is 1. The molecule has 1 N–H and O–H groups in total. The monoisotopic (exact) mass is 380 g/mol. The molecule has 6 heteroatoms. The molecule has 2 aromatic heterocycles. The van der Waals surface area contributed by atoms with E-state index < -0.39 is 0 Å². The smallest absolute Gasteiger partial charge is 0.179 e. The second kappa shape index (κ2) is 7.80. The third kappa shape index (κ3) is 3.69. The summed E-state index contributed by atoms with van der Waals surface area (Å²) in [6, 6.07) is 5.84. The first-order valence-electron chi connectivity index (χ1n) is 9.94. The quantitative estimate of drug-likeness (QED) is 0.664.